The molecule has 0 bridgehead atoms. The lowest BCUT2D eigenvalue weighted by atomic mass is 9.98. The number of carbonyl (C=O) groups is 1. The number of anilines is 1. The number of ether oxygens (including phenoxy) is 1. The van der Waals surface area contributed by atoms with Crippen molar-refractivity contribution >= 4 is 21.6 Å². The molecule has 7 nitrogen and oxygen atoms in total. The van der Waals surface area contributed by atoms with E-state index in [0.717, 1.165) is 11.1 Å². The number of nitrogens with one attached hydrogen (secondary N) is 1. The molecule has 8 heteroatoms. The lowest BCUT2D eigenvalue weighted by molar-refractivity contribution is 0.102. The molecule has 0 saturated carbocycles. The molecule has 1 amide bonds. The molecular formula is C17H19N3O4S. The summed E-state index contributed by atoms with van der Waals surface area (Å²) < 4.78 is 30.1. The topological polar surface area (TPSA) is 88.6 Å². The second kappa shape index (κ2) is 6.81. The van der Waals surface area contributed by atoms with Crippen LogP contribution in [0.1, 0.15) is 21.5 Å². The summed E-state index contributed by atoms with van der Waals surface area (Å²) in [6.45, 7) is 0.585. The maximum atomic E-state index is 12.7. The average molecular weight is 361 g/mol. The van der Waals surface area contributed by atoms with Crippen LogP contribution in [0.15, 0.2) is 36.7 Å². The molecule has 1 aromatic heterocycles. The summed E-state index contributed by atoms with van der Waals surface area (Å²) in [5.41, 5.74) is 2.62. The van der Waals surface area contributed by atoms with E-state index in [2.05, 4.69) is 10.3 Å². The van der Waals surface area contributed by atoms with Crippen molar-refractivity contribution in [2.45, 2.75) is 13.0 Å². The summed E-state index contributed by atoms with van der Waals surface area (Å²) in [4.78, 5) is 16.8. The highest BCUT2D eigenvalue weighted by Gasteiger charge is 2.26. The molecule has 1 N–H and O–H groups in total. The molecule has 0 unspecified atom stereocenters. The molecule has 0 aliphatic carbocycles. The Hall–Kier alpha value is -2.45. The molecule has 1 aliphatic heterocycles. The van der Waals surface area contributed by atoms with Crippen LogP contribution in [-0.4, -0.2) is 43.5 Å². The zero-order valence-electron chi connectivity index (χ0n) is 14.0. The lowest BCUT2D eigenvalue weighted by Crippen LogP contribution is -2.36. The van der Waals surface area contributed by atoms with E-state index in [1.165, 1.54) is 23.9 Å². The molecule has 25 heavy (non-hydrogen) atoms. The van der Waals surface area contributed by atoms with Crippen LogP contribution >= 0.6 is 0 Å². The Morgan fingerprint density at radius 2 is 2.04 bits per heavy atom. The molecule has 1 aromatic carbocycles. The highest BCUT2D eigenvalue weighted by molar-refractivity contribution is 7.88. The van der Waals surface area contributed by atoms with E-state index >= 15 is 0 Å². The summed E-state index contributed by atoms with van der Waals surface area (Å²) in [6.07, 6.45) is 4.79. The maximum Gasteiger partial charge on any atom is 0.257 e. The zero-order chi connectivity index (χ0) is 18.0. The molecule has 0 saturated heterocycles. The van der Waals surface area contributed by atoms with Crippen LogP contribution in [0.5, 0.6) is 5.75 Å². The van der Waals surface area contributed by atoms with E-state index in [9.17, 15) is 13.2 Å². The Bertz CT molecular complexity index is 912. The van der Waals surface area contributed by atoms with Crippen molar-refractivity contribution in [1.29, 1.82) is 0 Å². The van der Waals surface area contributed by atoms with Gasteiger partial charge in [0.2, 0.25) is 10.0 Å². The number of hydrogen-bond acceptors (Lipinski definition) is 5. The summed E-state index contributed by atoms with van der Waals surface area (Å²) >= 11 is 0. The van der Waals surface area contributed by atoms with E-state index in [4.69, 9.17) is 4.74 Å². The maximum absolute atomic E-state index is 12.7. The van der Waals surface area contributed by atoms with Gasteiger partial charge < -0.3 is 10.1 Å². The molecule has 2 aromatic rings. The second-order valence-electron chi connectivity index (χ2n) is 5.83. The van der Waals surface area contributed by atoms with Gasteiger partial charge in [0.15, 0.2) is 0 Å². The van der Waals surface area contributed by atoms with Crippen LogP contribution in [-0.2, 0) is 23.0 Å². The number of rotatable bonds is 4. The van der Waals surface area contributed by atoms with E-state index in [0.29, 0.717) is 30.0 Å². The summed E-state index contributed by atoms with van der Waals surface area (Å²) in [5.74, 6) is 0.276. The Morgan fingerprint density at radius 3 is 2.76 bits per heavy atom. The molecule has 2 heterocycles. The Balaban J connectivity index is 1.88. The number of nitrogens with zero attached hydrogens (tertiary/aromatic N) is 2. The summed E-state index contributed by atoms with van der Waals surface area (Å²) in [6, 6.07) is 7.14. The van der Waals surface area contributed by atoms with Crippen molar-refractivity contribution in [3.05, 3.63) is 53.3 Å². The Kier molecular flexibility index (Phi) is 4.73. The predicted molar refractivity (Wildman–Crippen MR) is 94.1 cm³/mol. The van der Waals surface area contributed by atoms with Crippen LogP contribution in [0.3, 0.4) is 0 Å². The summed E-state index contributed by atoms with van der Waals surface area (Å²) in [7, 11) is -1.73. The molecule has 0 spiro atoms. The fraction of sp³-hybridized carbons (Fsp3) is 0.294. The van der Waals surface area contributed by atoms with Gasteiger partial charge >= 0.3 is 0 Å². The number of carbonyl (C=O) groups excluding carboxylic acids is 1. The summed E-state index contributed by atoms with van der Waals surface area (Å²) in [5, 5.41) is 2.83. The first-order valence-electron chi connectivity index (χ1n) is 7.75. The number of sulfonamides is 1. The first kappa shape index (κ1) is 17.4. The monoisotopic (exact) mass is 361 g/mol. The minimum Gasteiger partial charge on any atom is -0.495 e. The first-order valence-corrected chi connectivity index (χ1v) is 9.60. The van der Waals surface area contributed by atoms with Crippen LogP contribution in [0, 0.1) is 0 Å². The number of aromatic nitrogens is 1. The third kappa shape index (κ3) is 3.64. The minimum absolute atomic E-state index is 0.233. The number of benzene rings is 1. The van der Waals surface area contributed by atoms with Gasteiger partial charge in [0.25, 0.3) is 5.91 Å². The quantitative estimate of drug-likeness (QED) is 0.895. The average Bonchev–Trinajstić information content (AvgIpc) is 2.60. The number of hydrogen-bond donors (Lipinski definition) is 1. The van der Waals surface area contributed by atoms with E-state index in [1.54, 1.807) is 24.4 Å². The molecule has 3 rings (SSSR count). The first-order chi connectivity index (χ1) is 11.9. The molecule has 0 fully saturated rings. The minimum atomic E-state index is -3.27. The molecular weight excluding hydrogens is 342 g/mol. The van der Waals surface area contributed by atoms with E-state index in [-0.39, 0.29) is 12.5 Å². The van der Waals surface area contributed by atoms with Crippen molar-refractivity contribution in [2.75, 3.05) is 25.2 Å². The smallest absolute Gasteiger partial charge is 0.257 e. The largest absolute Gasteiger partial charge is 0.495 e. The van der Waals surface area contributed by atoms with Gasteiger partial charge in [-0.05, 0) is 29.7 Å². The molecule has 0 radical (unpaired) electrons. The number of pyridine rings is 1. The Labute approximate surface area is 146 Å². The number of amides is 1. The van der Waals surface area contributed by atoms with Crippen molar-refractivity contribution in [3.63, 3.8) is 0 Å². The standard InChI is InChI=1S/C17H19N3O4S/c1-24-16-6-4-3-5-15(16)19-17(21)14-10-18-9-12-11-20(25(2,22)23)8-7-13(12)14/h3-6,9-10H,7-8,11H2,1-2H3,(H,19,21). The van der Waals surface area contributed by atoms with Crippen molar-refractivity contribution < 1.29 is 17.9 Å². The number of fused-ring (bicyclic) bond motifs is 1. The van der Waals surface area contributed by atoms with Gasteiger partial charge in [0.05, 0.1) is 24.6 Å². The van der Waals surface area contributed by atoms with Gasteiger partial charge in [-0.15, -0.1) is 0 Å². The SMILES string of the molecule is COc1ccccc1NC(=O)c1cncc2c1CCN(S(C)(=O)=O)C2. The number of methoxy groups -OCH3 is 1. The van der Waals surface area contributed by atoms with Gasteiger partial charge in [0.1, 0.15) is 5.75 Å². The van der Waals surface area contributed by atoms with Crippen LogP contribution in [0.2, 0.25) is 0 Å². The van der Waals surface area contributed by atoms with Crippen LogP contribution < -0.4 is 10.1 Å². The number of para-hydroxylation sites is 2. The fourth-order valence-corrected chi connectivity index (χ4v) is 3.68. The second-order valence-corrected chi connectivity index (χ2v) is 7.81. The van der Waals surface area contributed by atoms with E-state index < -0.39 is 10.0 Å². The third-order valence-electron chi connectivity index (χ3n) is 4.17. The molecule has 1 aliphatic rings. The normalized spacial score (nSPS) is 14.6. The molecule has 132 valence electrons. The lowest BCUT2D eigenvalue weighted by Gasteiger charge is -2.27. The van der Waals surface area contributed by atoms with Gasteiger partial charge in [-0.2, -0.15) is 4.31 Å². The zero-order valence-corrected chi connectivity index (χ0v) is 14.8. The molecule has 0 atom stereocenters. The van der Waals surface area contributed by atoms with E-state index in [1.807, 2.05) is 6.07 Å². The van der Waals surface area contributed by atoms with Crippen LogP contribution in [0.25, 0.3) is 0 Å². The van der Waals surface area contributed by atoms with Crippen molar-refractivity contribution in [1.82, 2.24) is 9.29 Å². The third-order valence-corrected chi connectivity index (χ3v) is 5.42. The van der Waals surface area contributed by atoms with Crippen molar-refractivity contribution in [3.8, 4) is 5.75 Å². The van der Waals surface area contributed by atoms with Crippen molar-refractivity contribution in [2.24, 2.45) is 0 Å². The Morgan fingerprint density at radius 1 is 1.28 bits per heavy atom. The predicted octanol–water partition coefficient (Wildman–Crippen LogP) is 1.66. The van der Waals surface area contributed by atoms with Crippen LogP contribution in [0.4, 0.5) is 5.69 Å². The van der Waals surface area contributed by atoms with Gasteiger partial charge in [-0.1, -0.05) is 12.1 Å². The highest BCUT2D eigenvalue weighted by atomic mass is 32.2. The van der Waals surface area contributed by atoms with Gasteiger partial charge in [0, 0.05) is 25.5 Å². The van der Waals surface area contributed by atoms with Gasteiger partial charge in [-0.25, -0.2) is 8.42 Å². The fourth-order valence-electron chi connectivity index (χ4n) is 2.88. The highest BCUT2D eigenvalue weighted by Crippen LogP contribution is 2.26. The van der Waals surface area contributed by atoms with Gasteiger partial charge in [-0.3, -0.25) is 9.78 Å².